The monoisotopic (exact) mass is 331 g/mol. The van der Waals surface area contributed by atoms with Gasteiger partial charge in [-0.05, 0) is 35.7 Å². The highest BCUT2D eigenvalue weighted by Crippen LogP contribution is 2.22. The number of benzene rings is 2. The van der Waals surface area contributed by atoms with Crippen molar-refractivity contribution < 1.29 is 9.90 Å². The second-order valence-corrected chi connectivity index (χ2v) is 6.22. The van der Waals surface area contributed by atoms with Crippen molar-refractivity contribution in [1.82, 2.24) is 14.6 Å². The molecule has 5 nitrogen and oxygen atoms in total. The number of carbonyl (C=O) groups is 1. The van der Waals surface area contributed by atoms with Gasteiger partial charge in [0.2, 0.25) is 0 Å². The Kier molecular flexibility index (Phi) is 3.50. The highest BCUT2D eigenvalue weighted by atomic mass is 16.4. The first kappa shape index (κ1) is 15.3. The second-order valence-electron chi connectivity index (χ2n) is 6.22. The summed E-state index contributed by atoms with van der Waals surface area (Å²) in [6.07, 6.45) is 2.09. The van der Waals surface area contributed by atoms with E-state index in [1.54, 1.807) is 4.52 Å². The van der Waals surface area contributed by atoms with Crippen molar-refractivity contribution in [3.63, 3.8) is 0 Å². The fraction of sp³-hybridized carbons (Fsp3) is 0.150. The Morgan fingerprint density at radius 2 is 1.88 bits per heavy atom. The molecule has 124 valence electrons. The van der Waals surface area contributed by atoms with Gasteiger partial charge in [-0.3, -0.25) is 0 Å². The Morgan fingerprint density at radius 1 is 1.12 bits per heavy atom. The molecular formula is C20H17N3O2. The third kappa shape index (κ3) is 2.54. The molecule has 0 amide bonds. The first-order valence-electron chi connectivity index (χ1n) is 8.09. The smallest absolute Gasteiger partial charge is 0.341 e. The van der Waals surface area contributed by atoms with E-state index in [-0.39, 0.29) is 5.56 Å². The van der Waals surface area contributed by atoms with E-state index in [0.717, 1.165) is 23.4 Å². The van der Waals surface area contributed by atoms with Gasteiger partial charge in [-0.2, -0.15) is 5.10 Å². The van der Waals surface area contributed by atoms with Crippen LogP contribution in [0.4, 0.5) is 0 Å². The number of fused-ring (bicyclic) bond motifs is 2. The molecule has 0 radical (unpaired) electrons. The molecule has 0 aliphatic rings. The SMILES string of the molecule is Cc1nc2c(C(=O)O)cnn2c(C)c1Cc1ccc2ccccc2c1. The van der Waals surface area contributed by atoms with E-state index in [9.17, 15) is 9.90 Å². The van der Waals surface area contributed by atoms with Crippen LogP contribution in [0, 0.1) is 13.8 Å². The van der Waals surface area contributed by atoms with Crippen LogP contribution in [0.15, 0.2) is 48.7 Å². The molecular weight excluding hydrogens is 314 g/mol. The highest BCUT2D eigenvalue weighted by Gasteiger charge is 2.17. The van der Waals surface area contributed by atoms with Crippen molar-refractivity contribution >= 4 is 22.4 Å². The van der Waals surface area contributed by atoms with Crippen LogP contribution in [-0.2, 0) is 6.42 Å². The topological polar surface area (TPSA) is 67.5 Å². The van der Waals surface area contributed by atoms with Crippen molar-refractivity contribution in [2.45, 2.75) is 20.3 Å². The lowest BCUT2D eigenvalue weighted by Crippen LogP contribution is -2.07. The van der Waals surface area contributed by atoms with Gasteiger partial charge < -0.3 is 5.11 Å². The Bertz CT molecular complexity index is 1130. The molecule has 1 N–H and O–H groups in total. The minimum absolute atomic E-state index is 0.128. The number of aromatic carboxylic acids is 1. The maximum absolute atomic E-state index is 11.3. The van der Waals surface area contributed by atoms with Gasteiger partial charge in [-0.1, -0.05) is 42.5 Å². The molecule has 0 bridgehead atoms. The number of hydrogen-bond donors (Lipinski definition) is 1. The molecule has 4 aromatic rings. The molecule has 0 saturated carbocycles. The largest absolute Gasteiger partial charge is 0.477 e. The summed E-state index contributed by atoms with van der Waals surface area (Å²) in [6.45, 7) is 3.87. The quantitative estimate of drug-likeness (QED) is 0.620. The molecule has 5 heteroatoms. The van der Waals surface area contributed by atoms with Gasteiger partial charge >= 0.3 is 5.97 Å². The van der Waals surface area contributed by atoms with Gasteiger partial charge in [0.1, 0.15) is 5.56 Å². The van der Waals surface area contributed by atoms with Crippen LogP contribution in [0.3, 0.4) is 0 Å². The molecule has 0 saturated heterocycles. The number of carboxylic acids is 1. The molecule has 0 atom stereocenters. The van der Waals surface area contributed by atoms with Gasteiger partial charge in [0.25, 0.3) is 0 Å². The van der Waals surface area contributed by atoms with Crippen LogP contribution in [0.25, 0.3) is 16.4 Å². The average molecular weight is 331 g/mol. The lowest BCUT2D eigenvalue weighted by molar-refractivity contribution is 0.0698. The van der Waals surface area contributed by atoms with Crippen molar-refractivity contribution in [3.05, 3.63) is 76.7 Å². The number of hydrogen-bond acceptors (Lipinski definition) is 3. The molecule has 2 aromatic heterocycles. The zero-order valence-corrected chi connectivity index (χ0v) is 14.0. The number of nitrogens with zero attached hydrogens (tertiary/aromatic N) is 3. The molecule has 0 aliphatic carbocycles. The maximum Gasteiger partial charge on any atom is 0.341 e. The third-order valence-corrected chi connectivity index (χ3v) is 4.63. The summed E-state index contributed by atoms with van der Waals surface area (Å²) in [5.74, 6) is -1.01. The summed E-state index contributed by atoms with van der Waals surface area (Å²) < 4.78 is 1.62. The molecule has 0 fully saturated rings. The van der Waals surface area contributed by atoms with E-state index in [4.69, 9.17) is 0 Å². The molecule has 2 heterocycles. The van der Waals surface area contributed by atoms with Gasteiger partial charge in [0.05, 0.1) is 6.20 Å². The Labute approximate surface area is 144 Å². The molecule has 25 heavy (non-hydrogen) atoms. The van der Waals surface area contributed by atoms with Crippen LogP contribution in [0.2, 0.25) is 0 Å². The summed E-state index contributed by atoms with van der Waals surface area (Å²) >= 11 is 0. The zero-order valence-electron chi connectivity index (χ0n) is 14.0. The van der Waals surface area contributed by atoms with E-state index in [1.807, 2.05) is 26.0 Å². The van der Waals surface area contributed by atoms with Gasteiger partial charge in [-0.15, -0.1) is 0 Å². The summed E-state index contributed by atoms with van der Waals surface area (Å²) in [6, 6.07) is 14.7. The number of aryl methyl sites for hydroxylation is 2. The highest BCUT2D eigenvalue weighted by molar-refractivity contribution is 5.94. The van der Waals surface area contributed by atoms with Gasteiger partial charge in [0.15, 0.2) is 5.65 Å². The van der Waals surface area contributed by atoms with Crippen LogP contribution < -0.4 is 0 Å². The number of aromatic nitrogens is 3. The Balaban J connectivity index is 1.81. The molecule has 0 aliphatic heterocycles. The summed E-state index contributed by atoms with van der Waals surface area (Å²) in [4.78, 5) is 15.8. The lowest BCUT2D eigenvalue weighted by Gasteiger charge is -2.12. The normalized spacial score (nSPS) is 11.3. The second kappa shape index (κ2) is 5.70. The predicted octanol–water partition coefficient (Wildman–Crippen LogP) is 3.79. The maximum atomic E-state index is 11.3. The first-order valence-corrected chi connectivity index (χ1v) is 8.09. The summed E-state index contributed by atoms with van der Waals surface area (Å²) in [5.41, 5.74) is 4.54. The number of rotatable bonds is 3. The van der Waals surface area contributed by atoms with Crippen molar-refractivity contribution in [2.24, 2.45) is 0 Å². The Morgan fingerprint density at radius 3 is 2.64 bits per heavy atom. The van der Waals surface area contributed by atoms with E-state index >= 15 is 0 Å². The molecule has 4 rings (SSSR count). The van der Waals surface area contributed by atoms with Crippen molar-refractivity contribution in [3.8, 4) is 0 Å². The third-order valence-electron chi connectivity index (χ3n) is 4.63. The fourth-order valence-corrected chi connectivity index (χ4v) is 3.27. The Hall–Kier alpha value is -3.21. The predicted molar refractivity (Wildman–Crippen MR) is 96.2 cm³/mol. The summed E-state index contributed by atoms with van der Waals surface area (Å²) in [5, 5.41) is 15.9. The van der Waals surface area contributed by atoms with Crippen LogP contribution in [0.5, 0.6) is 0 Å². The summed E-state index contributed by atoms with van der Waals surface area (Å²) in [7, 11) is 0. The van der Waals surface area contributed by atoms with Gasteiger partial charge in [-0.25, -0.2) is 14.3 Å². The molecule has 0 unspecified atom stereocenters. The average Bonchev–Trinajstić information content (AvgIpc) is 3.02. The molecule has 2 aromatic carbocycles. The standard InChI is InChI=1S/C20H17N3O2/c1-12-17(10-14-7-8-15-5-3-4-6-16(15)9-14)13(2)23-19(22-12)18(11-21-23)20(24)25/h3-9,11H,10H2,1-2H3,(H,24,25). The molecule has 0 spiro atoms. The van der Waals surface area contributed by atoms with Crippen molar-refractivity contribution in [2.75, 3.05) is 0 Å². The van der Waals surface area contributed by atoms with Crippen LogP contribution in [0.1, 0.15) is 32.9 Å². The van der Waals surface area contributed by atoms with E-state index < -0.39 is 5.97 Å². The van der Waals surface area contributed by atoms with Crippen LogP contribution >= 0.6 is 0 Å². The lowest BCUT2D eigenvalue weighted by atomic mass is 9.99. The fourth-order valence-electron chi connectivity index (χ4n) is 3.27. The van der Waals surface area contributed by atoms with Gasteiger partial charge in [0, 0.05) is 17.8 Å². The zero-order chi connectivity index (χ0) is 17.6. The van der Waals surface area contributed by atoms with Crippen LogP contribution in [-0.4, -0.2) is 25.7 Å². The van der Waals surface area contributed by atoms with E-state index in [2.05, 4.69) is 40.4 Å². The van der Waals surface area contributed by atoms with E-state index in [0.29, 0.717) is 5.65 Å². The minimum Gasteiger partial charge on any atom is -0.477 e. The van der Waals surface area contributed by atoms with E-state index in [1.165, 1.54) is 22.5 Å². The first-order chi connectivity index (χ1) is 12.0. The van der Waals surface area contributed by atoms with Crippen molar-refractivity contribution in [1.29, 1.82) is 0 Å². The minimum atomic E-state index is -1.01. The number of carboxylic acid groups (broad SMARTS) is 1.